The van der Waals surface area contributed by atoms with E-state index in [0.717, 1.165) is 23.2 Å². The number of nitrogens with zero attached hydrogens (tertiary/aromatic N) is 2. The van der Waals surface area contributed by atoms with Crippen molar-refractivity contribution >= 4 is 57.2 Å². The highest BCUT2D eigenvalue weighted by atomic mass is 127. The van der Waals surface area contributed by atoms with E-state index >= 15 is 0 Å². The van der Waals surface area contributed by atoms with Crippen molar-refractivity contribution in [2.75, 3.05) is 30.2 Å². The smallest absolute Gasteiger partial charge is 0.236 e. The molecule has 1 aliphatic rings. The average molecular weight is 535 g/mol. The third kappa shape index (κ3) is 5.74. The van der Waals surface area contributed by atoms with E-state index in [1.165, 1.54) is 4.31 Å². The van der Waals surface area contributed by atoms with Crippen molar-refractivity contribution in [1.29, 1.82) is 0 Å². The molecule has 28 heavy (non-hydrogen) atoms. The van der Waals surface area contributed by atoms with Gasteiger partial charge >= 0.3 is 0 Å². The molecule has 0 atom stereocenters. The number of sulfonamides is 1. The molecule has 0 saturated carbocycles. The molecule has 1 heterocycles. The van der Waals surface area contributed by atoms with E-state index in [0.29, 0.717) is 24.1 Å². The lowest BCUT2D eigenvalue weighted by Crippen LogP contribution is -2.41. The molecule has 0 aliphatic carbocycles. The molecule has 0 amide bonds. The largest absolute Gasteiger partial charge is 0.355 e. The molecule has 0 spiro atoms. The third-order valence-electron chi connectivity index (χ3n) is 4.43. The van der Waals surface area contributed by atoms with Gasteiger partial charge in [0.05, 0.1) is 11.4 Å². The second-order valence-electron chi connectivity index (χ2n) is 6.25. The Morgan fingerprint density at radius 3 is 2.57 bits per heavy atom. The van der Waals surface area contributed by atoms with Gasteiger partial charge in [-0.05, 0) is 35.7 Å². The lowest BCUT2D eigenvalue weighted by molar-refractivity contribution is 0.591. The Hall–Kier alpha value is -1.52. The summed E-state index contributed by atoms with van der Waals surface area (Å²) in [5, 5.41) is 6.92. The average Bonchev–Trinajstić information content (AvgIpc) is 3.11. The summed E-state index contributed by atoms with van der Waals surface area (Å²) in [4.78, 5) is 4.13. The van der Waals surface area contributed by atoms with Crippen LogP contribution in [0.15, 0.2) is 53.5 Å². The molecule has 0 saturated heterocycles. The van der Waals surface area contributed by atoms with Crippen LogP contribution < -0.4 is 14.9 Å². The maximum absolute atomic E-state index is 12.7. The Bertz CT molecular complexity index is 920. The van der Waals surface area contributed by atoms with E-state index in [1.807, 2.05) is 48.5 Å². The number of nitrogens with one attached hydrogen (secondary N) is 2. The minimum absolute atomic E-state index is 0. The van der Waals surface area contributed by atoms with Gasteiger partial charge in [-0.2, -0.15) is 0 Å². The molecule has 6 nitrogen and oxygen atoms in total. The van der Waals surface area contributed by atoms with Crippen LogP contribution in [0, 0.1) is 0 Å². The van der Waals surface area contributed by atoms with Crippen molar-refractivity contribution in [3.8, 4) is 0 Å². The number of halogens is 2. The number of anilines is 1. The van der Waals surface area contributed by atoms with Crippen LogP contribution in [0.3, 0.4) is 0 Å². The number of rotatable bonds is 6. The number of guanidine groups is 1. The third-order valence-corrected chi connectivity index (χ3v) is 6.45. The Morgan fingerprint density at radius 1 is 1.14 bits per heavy atom. The van der Waals surface area contributed by atoms with Crippen molar-refractivity contribution in [2.45, 2.75) is 13.0 Å². The van der Waals surface area contributed by atoms with Gasteiger partial charge in [-0.25, -0.2) is 8.42 Å². The number of benzene rings is 2. The zero-order valence-corrected chi connectivity index (χ0v) is 19.5. The molecule has 9 heteroatoms. The van der Waals surface area contributed by atoms with Crippen LogP contribution in [0.2, 0.25) is 5.02 Å². The van der Waals surface area contributed by atoms with Gasteiger partial charge in [0.25, 0.3) is 0 Å². The minimum Gasteiger partial charge on any atom is -0.355 e. The molecule has 152 valence electrons. The molecule has 3 rings (SSSR count). The van der Waals surface area contributed by atoms with Crippen LogP contribution in [0.25, 0.3) is 0 Å². The topological polar surface area (TPSA) is 73.8 Å². The fourth-order valence-electron chi connectivity index (χ4n) is 3.01. The van der Waals surface area contributed by atoms with Gasteiger partial charge in [-0.3, -0.25) is 9.30 Å². The molecule has 0 unspecified atom stereocenters. The Balaban J connectivity index is 0.00000280. The summed E-state index contributed by atoms with van der Waals surface area (Å²) >= 11 is 5.88. The first-order valence-corrected chi connectivity index (χ1v) is 10.8. The summed E-state index contributed by atoms with van der Waals surface area (Å²) in [5.41, 5.74) is 2.93. The van der Waals surface area contributed by atoms with Crippen LogP contribution in [0.5, 0.6) is 0 Å². The maximum atomic E-state index is 12.7. The predicted octanol–water partition coefficient (Wildman–Crippen LogP) is 3.02. The normalized spacial score (nSPS) is 13.6. The zero-order chi connectivity index (χ0) is 19.3. The fraction of sp³-hybridized carbons (Fsp3) is 0.316. The SMILES string of the molecule is CN=C(NCCS(=O)(=O)N1CCc2ccccc21)NCc1ccc(Cl)cc1.I. The van der Waals surface area contributed by atoms with E-state index in [4.69, 9.17) is 11.6 Å². The molecule has 2 aromatic rings. The summed E-state index contributed by atoms with van der Waals surface area (Å²) < 4.78 is 26.9. The van der Waals surface area contributed by atoms with Gasteiger partial charge < -0.3 is 10.6 Å². The summed E-state index contributed by atoms with van der Waals surface area (Å²) in [7, 11) is -1.72. The monoisotopic (exact) mass is 534 g/mol. The number of aliphatic imine (C=N–C) groups is 1. The predicted molar refractivity (Wildman–Crippen MR) is 126 cm³/mol. The number of hydrogen-bond acceptors (Lipinski definition) is 3. The lowest BCUT2D eigenvalue weighted by Gasteiger charge is -2.20. The molecular weight excluding hydrogens is 511 g/mol. The highest BCUT2D eigenvalue weighted by Gasteiger charge is 2.28. The zero-order valence-electron chi connectivity index (χ0n) is 15.6. The van der Waals surface area contributed by atoms with E-state index < -0.39 is 10.0 Å². The Labute approximate surface area is 188 Å². The van der Waals surface area contributed by atoms with Crippen molar-refractivity contribution in [3.05, 3.63) is 64.7 Å². The van der Waals surface area contributed by atoms with Crippen molar-refractivity contribution in [1.82, 2.24) is 10.6 Å². The molecule has 0 radical (unpaired) electrons. The number of hydrogen-bond donors (Lipinski definition) is 2. The highest BCUT2D eigenvalue weighted by molar-refractivity contribution is 14.0. The van der Waals surface area contributed by atoms with Crippen LogP contribution in [0.4, 0.5) is 5.69 Å². The fourth-order valence-corrected chi connectivity index (χ4v) is 4.57. The first-order valence-electron chi connectivity index (χ1n) is 8.77. The maximum Gasteiger partial charge on any atom is 0.236 e. The van der Waals surface area contributed by atoms with E-state index in [1.54, 1.807) is 7.05 Å². The Kier molecular flexibility index (Phi) is 8.38. The molecular formula is C19H24ClIN4O2S. The van der Waals surface area contributed by atoms with Gasteiger partial charge in [0.1, 0.15) is 0 Å². The minimum atomic E-state index is -3.38. The molecule has 2 N–H and O–H groups in total. The quantitative estimate of drug-likeness (QED) is 0.340. The van der Waals surface area contributed by atoms with Crippen molar-refractivity contribution in [2.24, 2.45) is 4.99 Å². The van der Waals surface area contributed by atoms with Crippen molar-refractivity contribution < 1.29 is 8.42 Å². The summed E-state index contributed by atoms with van der Waals surface area (Å²) in [6.45, 7) is 1.36. The number of para-hydroxylation sites is 1. The van der Waals surface area contributed by atoms with E-state index in [-0.39, 0.29) is 36.3 Å². The van der Waals surface area contributed by atoms with Gasteiger partial charge in [0.15, 0.2) is 5.96 Å². The number of fused-ring (bicyclic) bond motifs is 1. The standard InChI is InChI=1S/C19H23ClN4O2S.HI/c1-21-19(23-14-15-6-8-17(20)9-7-15)22-11-13-27(25,26)24-12-10-16-4-2-3-5-18(16)24;/h2-9H,10-14H2,1H3,(H2,21,22,23);1H. The van der Waals surface area contributed by atoms with Gasteiger partial charge in [0.2, 0.25) is 10.0 Å². The molecule has 0 fully saturated rings. The molecule has 2 aromatic carbocycles. The Morgan fingerprint density at radius 2 is 1.86 bits per heavy atom. The summed E-state index contributed by atoms with van der Waals surface area (Å²) in [6, 6.07) is 15.2. The van der Waals surface area contributed by atoms with Crippen LogP contribution in [-0.4, -0.2) is 40.3 Å². The van der Waals surface area contributed by atoms with Crippen LogP contribution in [-0.2, 0) is 23.0 Å². The second-order valence-corrected chi connectivity index (χ2v) is 8.70. The molecule has 0 aromatic heterocycles. The van der Waals surface area contributed by atoms with Crippen molar-refractivity contribution in [3.63, 3.8) is 0 Å². The molecule has 0 bridgehead atoms. The van der Waals surface area contributed by atoms with E-state index in [9.17, 15) is 8.42 Å². The summed E-state index contributed by atoms with van der Waals surface area (Å²) in [6.07, 6.45) is 0.757. The van der Waals surface area contributed by atoms with Gasteiger partial charge in [-0.15, -0.1) is 24.0 Å². The summed E-state index contributed by atoms with van der Waals surface area (Å²) in [5.74, 6) is 0.560. The first-order chi connectivity index (χ1) is 13.0. The molecule has 1 aliphatic heterocycles. The van der Waals surface area contributed by atoms with Gasteiger partial charge in [0, 0.05) is 31.7 Å². The first kappa shape index (κ1) is 22.8. The van der Waals surface area contributed by atoms with Crippen LogP contribution >= 0.6 is 35.6 Å². The second kappa shape index (κ2) is 10.3. The van der Waals surface area contributed by atoms with Crippen LogP contribution in [0.1, 0.15) is 11.1 Å². The lowest BCUT2D eigenvalue weighted by atomic mass is 10.2. The van der Waals surface area contributed by atoms with E-state index in [2.05, 4.69) is 15.6 Å². The highest BCUT2D eigenvalue weighted by Crippen LogP contribution is 2.29. The van der Waals surface area contributed by atoms with Gasteiger partial charge in [-0.1, -0.05) is 41.9 Å².